The first kappa shape index (κ1) is 14.2. The van der Waals surface area contributed by atoms with Crippen molar-refractivity contribution in [1.29, 1.82) is 0 Å². The summed E-state index contributed by atoms with van der Waals surface area (Å²) in [5.41, 5.74) is 0.390. The number of carbonyl (C=O) groups is 1. The summed E-state index contributed by atoms with van der Waals surface area (Å²) in [7, 11) is 0. The molecule has 2 rings (SSSR count). The van der Waals surface area contributed by atoms with Crippen LogP contribution >= 0.6 is 0 Å². The van der Waals surface area contributed by atoms with Crippen molar-refractivity contribution < 1.29 is 18.3 Å². The Kier molecular flexibility index (Phi) is 4.45. The predicted octanol–water partition coefficient (Wildman–Crippen LogP) is 4.14. The highest BCUT2D eigenvalue weighted by Gasteiger charge is 2.17. The minimum Gasteiger partial charge on any atom is -0.489 e. The van der Waals surface area contributed by atoms with Crippen molar-refractivity contribution in [3.8, 4) is 5.75 Å². The monoisotopic (exact) mass is 276 g/mol. The summed E-state index contributed by atoms with van der Waals surface area (Å²) in [6.45, 7) is 1.77. The Morgan fingerprint density at radius 2 is 1.70 bits per heavy atom. The van der Waals surface area contributed by atoms with Gasteiger partial charge in [0.05, 0.1) is 5.56 Å². The van der Waals surface area contributed by atoms with Crippen LogP contribution in [0.25, 0.3) is 0 Å². The van der Waals surface area contributed by atoms with E-state index in [0.717, 1.165) is 17.7 Å². The van der Waals surface area contributed by atoms with Crippen LogP contribution in [0.1, 0.15) is 29.3 Å². The third kappa shape index (κ3) is 3.20. The zero-order valence-corrected chi connectivity index (χ0v) is 11.0. The number of hydrogen-bond donors (Lipinski definition) is 0. The van der Waals surface area contributed by atoms with Gasteiger partial charge < -0.3 is 4.74 Å². The van der Waals surface area contributed by atoms with Crippen molar-refractivity contribution in [3.05, 3.63) is 65.2 Å². The van der Waals surface area contributed by atoms with Gasteiger partial charge in [-0.3, -0.25) is 4.79 Å². The summed E-state index contributed by atoms with van der Waals surface area (Å²) in [6.07, 6.45) is 0.0536. The highest BCUT2D eigenvalue weighted by Crippen LogP contribution is 2.22. The van der Waals surface area contributed by atoms with Gasteiger partial charge in [0.2, 0.25) is 0 Å². The van der Waals surface area contributed by atoms with E-state index in [1.165, 1.54) is 0 Å². The van der Waals surface area contributed by atoms with Crippen LogP contribution in [0.5, 0.6) is 5.75 Å². The van der Waals surface area contributed by atoms with Crippen molar-refractivity contribution in [2.45, 2.75) is 20.0 Å². The number of ketones is 1. The third-order valence-electron chi connectivity index (χ3n) is 2.86. The lowest BCUT2D eigenvalue weighted by Crippen LogP contribution is -2.06. The topological polar surface area (TPSA) is 26.3 Å². The van der Waals surface area contributed by atoms with Crippen molar-refractivity contribution in [2.75, 3.05) is 0 Å². The zero-order valence-electron chi connectivity index (χ0n) is 11.0. The van der Waals surface area contributed by atoms with E-state index in [1.807, 2.05) is 30.3 Å². The number of ether oxygens (including phenoxy) is 1. The van der Waals surface area contributed by atoms with E-state index >= 15 is 0 Å². The fourth-order valence-electron chi connectivity index (χ4n) is 1.82. The van der Waals surface area contributed by atoms with Crippen LogP contribution in [-0.2, 0) is 6.61 Å². The van der Waals surface area contributed by atoms with E-state index in [-0.39, 0.29) is 18.8 Å². The molecule has 0 bridgehead atoms. The van der Waals surface area contributed by atoms with Gasteiger partial charge in [-0.15, -0.1) is 0 Å². The van der Waals surface area contributed by atoms with Gasteiger partial charge in [-0.2, -0.15) is 0 Å². The first-order valence-electron chi connectivity index (χ1n) is 6.30. The van der Waals surface area contributed by atoms with Gasteiger partial charge in [-0.25, -0.2) is 8.78 Å². The molecule has 0 N–H and O–H groups in total. The fourth-order valence-corrected chi connectivity index (χ4v) is 1.82. The molecule has 20 heavy (non-hydrogen) atoms. The number of hydrogen-bond acceptors (Lipinski definition) is 2. The van der Waals surface area contributed by atoms with E-state index in [9.17, 15) is 13.6 Å². The SMILES string of the molecule is CCC(=O)c1c(F)cc(OCc2ccccc2)cc1F. The normalized spacial score (nSPS) is 10.3. The lowest BCUT2D eigenvalue weighted by atomic mass is 10.1. The van der Waals surface area contributed by atoms with Gasteiger partial charge in [0.1, 0.15) is 24.0 Å². The minimum atomic E-state index is -0.889. The summed E-state index contributed by atoms with van der Waals surface area (Å²) in [5.74, 6) is -2.27. The molecule has 2 aromatic carbocycles. The highest BCUT2D eigenvalue weighted by atomic mass is 19.1. The molecule has 2 aromatic rings. The second kappa shape index (κ2) is 6.28. The Morgan fingerprint density at radius 1 is 1.10 bits per heavy atom. The number of benzene rings is 2. The third-order valence-corrected chi connectivity index (χ3v) is 2.86. The molecule has 2 nitrogen and oxygen atoms in total. The molecule has 0 aliphatic rings. The molecule has 0 spiro atoms. The quantitative estimate of drug-likeness (QED) is 0.767. The van der Waals surface area contributed by atoms with E-state index in [1.54, 1.807) is 6.92 Å². The van der Waals surface area contributed by atoms with Crippen LogP contribution in [0.3, 0.4) is 0 Å². The van der Waals surface area contributed by atoms with E-state index < -0.39 is 23.0 Å². The molecule has 0 saturated carbocycles. The first-order chi connectivity index (χ1) is 9.61. The van der Waals surface area contributed by atoms with Gasteiger partial charge in [0.25, 0.3) is 0 Å². The number of carbonyl (C=O) groups excluding carboxylic acids is 1. The van der Waals surface area contributed by atoms with Crippen LogP contribution in [-0.4, -0.2) is 5.78 Å². The van der Waals surface area contributed by atoms with Crippen molar-refractivity contribution >= 4 is 5.78 Å². The van der Waals surface area contributed by atoms with Crippen LogP contribution in [0.2, 0.25) is 0 Å². The first-order valence-corrected chi connectivity index (χ1v) is 6.30. The van der Waals surface area contributed by atoms with Gasteiger partial charge in [0, 0.05) is 18.6 Å². The van der Waals surface area contributed by atoms with Crippen LogP contribution in [0, 0.1) is 11.6 Å². The van der Waals surface area contributed by atoms with Gasteiger partial charge in [-0.05, 0) is 5.56 Å². The van der Waals surface area contributed by atoms with E-state index in [0.29, 0.717) is 0 Å². The van der Waals surface area contributed by atoms with E-state index in [4.69, 9.17) is 4.74 Å². The predicted molar refractivity (Wildman–Crippen MR) is 71.8 cm³/mol. The fraction of sp³-hybridized carbons (Fsp3) is 0.188. The van der Waals surface area contributed by atoms with Crippen LogP contribution in [0.4, 0.5) is 8.78 Å². The molecule has 0 aromatic heterocycles. The van der Waals surface area contributed by atoms with Gasteiger partial charge in [-0.1, -0.05) is 37.3 Å². The lowest BCUT2D eigenvalue weighted by Gasteiger charge is -2.09. The Bertz CT molecular complexity index is 586. The molecule has 0 saturated heterocycles. The Morgan fingerprint density at radius 3 is 2.25 bits per heavy atom. The Labute approximate surface area is 116 Å². The summed E-state index contributed by atoms with van der Waals surface area (Å²) >= 11 is 0. The number of Topliss-reactive ketones (excluding diaryl/α,β-unsaturated/α-hetero) is 1. The Hall–Kier alpha value is -2.23. The molecule has 0 heterocycles. The molecular formula is C16H14F2O2. The Balaban J connectivity index is 2.16. The summed E-state index contributed by atoms with van der Waals surface area (Å²) in [4.78, 5) is 11.4. The van der Waals surface area contributed by atoms with E-state index in [2.05, 4.69) is 0 Å². The smallest absolute Gasteiger partial charge is 0.168 e. The van der Waals surface area contributed by atoms with Crippen molar-refractivity contribution in [2.24, 2.45) is 0 Å². The average molecular weight is 276 g/mol. The molecule has 4 heteroatoms. The highest BCUT2D eigenvalue weighted by molar-refractivity contribution is 5.96. The minimum absolute atomic E-state index is 0.0536. The molecular weight excluding hydrogens is 262 g/mol. The van der Waals surface area contributed by atoms with Gasteiger partial charge >= 0.3 is 0 Å². The van der Waals surface area contributed by atoms with Crippen molar-refractivity contribution in [1.82, 2.24) is 0 Å². The van der Waals surface area contributed by atoms with Crippen molar-refractivity contribution in [3.63, 3.8) is 0 Å². The molecule has 0 radical (unpaired) electrons. The second-order valence-corrected chi connectivity index (χ2v) is 4.31. The summed E-state index contributed by atoms with van der Waals surface area (Å²) < 4.78 is 32.8. The molecule has 104 valence electrons. The van der Waals surface area contributed by atoms with Gasteiger partial charge in [0.15, 0.2) is 5.78 Å². The molecule has 0 amide bonds. The standard InChI is InChI=1S/C16H14F2O2/c1-2-15(19)16-13(17)8-12(9-14(16)18)20-10-11-6-4-3-5-7-11/h3-9H,2,10H2,1H3. The van der Waals surface area contributed by atoms with Crippen LogP contribution in [0.15, 0.2) is 42.5 Å². The lowest BCUT2D eigenvalue weighted by molar-refractivity contribution is 0.0980. The number of halogens is 2. The summed E-state index contributed by atoms with van der Waals surface area (Å²) in [6, 6.07) is 11.3. The molecule has 0 aliphatic carbocycles. The zero-order chi connectivity index (χ0) is 14.5. The molecule has 0 unspecified atom stereocenters. The largest absolute Gasteiger partial charge is 0.489 e. The molecule has 0 fully saturated rings. The maximum absolute atomic E-state index is 13.7. The van der Waals surface area contributed by atoms with Crippen LogP contribution < -0.4 is 4.74 Å². The second-order valence-electron chi connectivity index (χ2n) is 4.31. The summed E-state index contributed by atoms with van der Waals surface area (Å²) in [5, 5.41) is 0. The average Bonchev–Trinajstić information content (AvgIpc) is 2.45. The maximum atomic E-state index is 13.7. The maximum Gasteiger partial charge on any atom is 0.168 e. The number of rotatable bonds is 5. The molecule has 0 atom stereocenters. The molecule has 0 aliphatic heterocycles.